The van der Waals surface area contributed by atoms with Crippen molar-refractivity contribution in [2.75, 3.05) is 26.3 Å². The Labute approximate surface area is 109 Å². The first-order valence-corrected chi connectivity index (χ1v) is 6.96. The van der Waals surface area contributed by atoms with Crippen LogP contribution in [0.3, 0.4) is 0 Å². The topological polar surface area (TPSA) is 24.5 Å². The number of morpholine rings is 1. The fraction of sp³-hybridized carbons (Fsp3) is 0.600. The standard InChI is InChI=1S/C15H22N2O/c1-12-11-18-7-6-17(12)10-13-2-3-14-4-5-16-9-15(14)8-13/h2-3,8,12,16H,4-7,9-11H2,1H3. The first-order valence-electron chi connectivity index (χ1n) is 6.96. The van der Waals surface area contributed by atoms with Gasteiger partial charge in [0, 0.05) is 25.7 Å². The highest BCUT2D eigenvalue weighted by Crippen LogP contribution is 2.18. The molecule has 2 aliphatic rings. The van der Waals surface area contributed by atoms with E-state index in [1.54, 1.807) is 0 Å². The average molecular weight is 246 g/mol. The maximum Gasteiger partial charge on any atom is 0.0619 e. The molecule has 2 heterocycles. The fourth-order valence-corrected chi connectivity index (χ4v) is 2.86. The van der Waals surface area contributed by atoms with Crippen molar-refractivity contribution in [3.05, 3.63) is 34.9 Å². The van der Waals surface area contributed by atoms with E-state index in [1.807, 2.05) is 0 Å². The lowest BCUT2D eigenvalue weighted by atomic mass is 9.98. The normalized spacial score (nSPS) is 24.8. The van der Waals surface area contributed by atoms with Gasteiger partial charge in [-0.25, -0.2) is 0 Å². The summed E-state index contributed by atoms with van der Waals surface area (Å²) >= 11 is 0. The molecule has 1 aromatic carbocycles. The Bertz CT molecular complexity index is 419. The molecule has 0 radical (unpaired) electrons. The molecule has 3 heteroatoms. The minimum Gasteiger partial charge on any atom is -0.379 e. The summed E-state index contributed by atoms with van der Waals surface area (Å²) in [6, 6.07) is 7.53. The summed E-state index contributed by atoms with van der Waals surface area (Å²) in [5.41, 5.74) is 4.44. The summed E-state index contributed by atoms with van der Waals surface area (Å²) in [4.78, 5) is 2.52. The summed E-state index contributed by atoms with van der Waals surface area (Å²) in [7, 11) is 0. The van der Waals surface area contributed by atoms with Crippen molar-refractivity contribution >= 4 is 0 Å². The van der Waals surface area contributed by atoms with Gasteiger partial charge in [0.2, 0.25) is 0 Å². The molecule has 1 N–H and O–H groups in total. The predicted molar refractivity (Wildman–Crippen MR) is 72.5 cm³/mol. The molecule has 1 aromatic rings. The molecule has 3 rings (SSSR count). The smallest absolute Gasteiger partial charge is 0.0619 e. The van der Waals surface area contributed by atoms with E-state index in [1.165, 1.54) is 23.1 Å². The Balaban J connectivity index is 1.72. The predicted octanol–water partition coefficient (Wildman–Crippen LogP) is 1.55. The van der Waals surface area contributed by atoms with Crippen LogP contribution in [-0.4, -0.2) is 37.2 Å². The summed E-state index contributed by atoms with van der Waals surface area (Å²) in [5, 5.41) is 3.45. The maximum absolute atomic E-state index is 5.49. The molecular weight excluding hydrogens is 224 g/mol. The number of hydrogen-bond acceptors (Lipinski definition) is 3. The molecule has 18 heavy (non-hydrogen) atoms. The highest BCUT2D eigenvalue weighted by atomic mass is 16.5. The lowest BCUT2D eigenvalue weighted by molar-refractivity contribution is -0.00438. The Morgan fingerprint density at radius 1 is 1.39 bits per heavy atom. The van der Waals surface area contributed by atoms with Crippen LogP contribution in [0.25, 0.3) is 0 Å². The zero-order chi connectivity index (χ0) is 12.4. The van der Waals surface area contributed by atoms with Crippen LogP contribution in [0, 0.1) is 0 Å². The summed E-state index contributed by atoms with van der Waals surface area (Å²) in [5.74, 6) is 0. The minimum atomic E-state index is 0.535. The number of benzene rings is 1. The van der Waals surface area contributed by atoms with E-state index >= 15 is 0 Å². The third-order valence-electron chi connectivity index (χ3n) is 4.05. The van der Waals surface area contributed by atoms with Gasteiger partial charge in [0.15, 0.2) is 0 Å². The number of fused-ring (bicyclic) bond motifs is 1. The zero-order valence-electron chi connectivity index (χ0n) is 11.1. The van der Waals surface area contributed by atoms with Crippen LogP contribution in [0.5, 0.6) is 0 Å². The van der Waals surface area contributed by atoms with Crippen LogP contribution >= 0.6 is 0 Å². The highest BCUT2D eigenvalue weighted by Gasteiger charge is 2.19. The molecule has 0 aliphatic carbocycles. The lowest BCUT2D eigenvalue weighted by Crippen LogP contribution is -2.42. The van der Waals surface area contributed by atoms with Gasteiger partial charge < -0.3 is 10.1 Å². The van der Waals surface area contributed by atoms with E-state index in [0.717, 1.165) is 39.4 Å². The second-order valence-electron chi connectivity index (χ2n) is 5.42. The van der Waals surface area contributed by atoms with E-state index in [-0.39, 0.29) is 0 Å². The summed E-state index contributed by atoms with van der Waals surface area (Å²) < 4.78 is 5.49. The minimum absolute atomic E-state index is 0.535. The molecule has 0 amide bonds. The number of nitrogens with one attached hydrogen (secondary N) is 1. The van der Waals surface area contributed by atoms with Crippen molar-refractivity contribution in [2.45, 2.75) is 32.5 Å². The number of hydrogen-bond donors (Lipinski definition) is 1. The van der Waals surface area contributed by atoms with Crippen LogP contribution in [0.15, 0.2) is 18.2 Å². The molecule has 1 fully saturated rings. The first kappa shape index (κ1) is 12.2. The van der Waals surface area contributed by atoms with Crippen LogP contribution < -0.4 is 5.32 Å². The monoisotopic (exact) mass is 246 g/mol. The molecule has 0 bridgehead atoms. The van der Waals surface area contributed by atoms with Gasteiger partial charge in [-0.2, -0.15) is 0 Å². The Morgan fingerprint density at radius 3 is 3.22 bits per heavy atom. The van der Waals surface area contributed by atoms with Crippen LogP contribution in [-0.2, 0) is 24.2 Å². The van der Waals surface area contributed by atoms with Crippen LogP contribution in [0.4, 0.5) is 0 Å². The molecule has 3 nitrogen and oxygen atoms in total. The molecule has 1 atom stereocenters. The zero-order valence-corrected chi connectivity index (χ0v) is 11.1. The first-order chi connectivity index (χ1) is 8.83. The van der Waals surface area contributed by atoms with E-state index in [4.69, 9.17) is 4.74 Å². The third kappa shape index (κ3) is 2.58. The Hall–Kier alpha value is -0.900. The SMILES string of the molecule is CC1COCCN1Cc1ccc2c(c1)CNCC2. The summed E-state index contributed by atoms with van der Waals surface area (Å²) in [6.07, 6.45) is 1.17. The van der Waals surface area contributed by atoms with Crippen molar-refractivity contribution in [3.63, 3.8) is 0 Å². The van der Waals surface area contributed by atoms with Gasteiger partial charge in [-0.1, -0.05) is 18.2 Å². The van der Waals surface area contributed by atoms with Gasteiger partial charge in [0.05, 0.1) is 13.2 Å². The van der Waals surface area contributed by atoms with Gasteiger partial charge in [-0.3, -0.25) is 4.90 Å². The maximum atomic E-state index is 5.49. The second kappa shape index (κ2) is 5.39. The Morgan fingerprint density at radius 2 is 2.33 bits per heavy atom. The largest absolute Gasteiger partial charge is 0.379 e. The molecule has 98 valence electrons. The average Bonchev–Trinajstić information content (AvgIpc) is 2.41. The van der Waals surface area contributed by atoms with Crippen LogP contribution in [0.1, 0.15) is 23.6 Å². The quantitative estimate of drug-likeness (QED) is 0.857. The number of nitrogens with zero attached hydrogens (tertiary/aromatic N) is 1. The highest BCUT2D eigenvalue weighted by molar-refractivity contribution is 5.33. The van der Waals surface area contributed by atoms with Gasteiger partial charge in [0.1, 0.15) is 0 Å². The van der Waals surface area contributed by atoms with Gasteiger partial charge in [-0.05, 0) is 36.6 Å². The molecule has 1 unspecified atom stereocenters. The molecule has 1 saturated heterocycles. The van der Waals surface area contributed by atoms with Crippen molar-refractivity contribution in [1.82, 2.24) is 10.2 Å². The third-order valence-corrected chi connectivity index (χ3v) is 4.05. The van der Waals surface area contributed by atoms with Crippen molar-refractivity contribution in [2.24, 2.45) is 0 Å². The van der Waals surface area contributed by atoms with E-state index in [0.29, 0.717) is 6.04 Å². The number of ether oxygens (including phenoxy) is 1. The number of rotatable bonds is 2. The lowest BCUT2D eigenvalue weighted by Gasteiger charge is -2.33. The molecule has 0 saturated carbocycles. The van der Waals surface area contributed by atoms with Crippen molar-refractivity contribution in [3.8, 4) is 0 Å². The molecule has 0 aromatic heterocycles. The Kier molecular flexibility index (Phi) is 3.64. The molecular formula is C15H22N2O. The van der Waals surface area contributed by atoms with E-state index in [9.17, 15) is 0 Å². The molecule has 0 spiro atoms. The van der Waals surface area contributed by atoms with Crippen molar-refractivity contribution in [1.29, 1.82) is 0 Å². The summed E-state index contributed by atoms with van der Waals surface area (Å²) in [6.45, 7) is 8.24. The van der Waals surface area contributed by atoms with Gasteiger partial charge in [0.25, 0.3) is 0 Å². The van der Waals surface area contributed by atoms with Crippen molar-refractivity contribution < 1.29 is 4.74 Å². The molecule has 2 aliphatic heterocycles. The fourth-order valence-electron chi connectivity index (χ4n) is 2.86. The van der Waals surface area contributed by atoms with Gasteiger partial charge in [-0.15, -0.1) is 0 Å². The van der Waals surface area contributed by atoms with E-state index in [2.05, 4.69) is 35.3 Å². The second-order valence-corrected chi connectivity index (χ2v) is 5.42. The van der Waals surface area contributed by atoms with E-state index < -0.39 is 0 Å². The van der Waals surface area contributed by atoms with Crippen LogP contribution in [0.2, 0.25) is 0 Å². The van der Waals surface area contributed by atoms with Gasteiger partial charge >= 0.3 is 0 Å².